The second kappa shape index (κ2) is 5.17. The smallest absolute Gasteiger partial charge is 0.356 e. The second-order valence-electron chi connectivity index (χ2n) is 3.83. The van der Waals surface area contributed by atoms with Crippen LogP contribution in [-0.4, -0.2) is 26.8 Å². The van der Waals surface area contributed by atoms with Crippen LogP contribution >= 0.6 is 11.3 Å². The minimum absolute atomic E-state index is 0.0225. The summed E-state index contributed by atoms with van der Waals surface area (Å²) in [5, 5.41) is 20.1. The molecule has 0 saturated carbocycles. The molecular formula is C12H8N2O5S. The number of nitro groups is 1. The van der Waals surface area contributed by atoms with Crippen LogP contribution in [0.5, 0.6) is 0 Å². The average Bonchev–Trinajstić information content (AvgIpc) is 2.83. The van der Waals surface area contributed by atoms with Crippen molar-refractivity contribution in [3.8, 4) is 10.6 Å². The number of carbonyl (C=O) groups is 2. The Morgan fingerprint density at radius 3 is 2.50 bits per heavy atom. The van der Waals surface area contributed by atoms with Gasteiger partial charge in [-0.1, -0.05) is 12.1 Å². The van der Waals surface area contributed by atoms with E-state index >= 15 is 0 Å². The van der Waals surface area contributed by atoms with Gasteiger partial charge in [0.2, 0.25) is 0 Å². The van der Waals surface area contributed by atoms with Gasteiger partial charge in [-0.2, -0.15) is 0 Å². The maximum Gasteiger partial charge on any atom is 0.356 e. The quantitative estimate of drug-likeness (QED) is 0.527. The van der Waals surface area contributed by atoms with Crippen molar-refractivity contribution >= 4 is 28.8 Å². The number of aromatic carboxylic acids is 1. The van der Waals surface area contributed by atoms with Crippen molar-refractivity contribution in [3.05, 3.63) is 45.0 Å². The number of nitro benzene ring substituents is 1. The maximum atomic E-state index is 11.4. The van der Waals surface area contributed by atoms with Crippen LogP contribution in [-0.2, 0) is 0 Å². The lowest BCUT2D eigenvalue weighted by Crippen LogP contribution is -2.03. The van der Waals surface area contributed by atoms with Crippen molar-refractivity contribution in [3.63, 3.8) is 0 Å². The number of rotatable bonds is 4. The number of benzene rings is 1. The Morgan fingerprint density at radius 2 is 2.00 bits per heavy atom. The van der Waals surface area contributed by atoms with E-state index in [1.54, 1.807) is 6.07 Å². The summed E-state index contributed by atoms with van der Waals surface area (Å²) in [6, 6.07) is 5.84. The Hall–Kier alpha value is -2.61. The van der Waals surface area contributed by atoms with Gasteiger partial charge in [0.05, 0.1) is 10.5 Å². The predicted molar refractivity (Wildman–Crippen MR) is 71.2 cm³/mol. The van der Waals surface area contributed by atoms with Crippen LogP contribution in [0.2, 0.25) is 0 Å². The summed E-state index contributed by atoms with van der Waals surface area (Å²) in [7, 11) is 0. The molecule has 1 aromatic carbocycles. The number of para-hydroxylation sites is 1. The summed E-state index contributed by atoms with van der Waals surface area (Å²) in [6.45, 7) is 1.23. The number of ketones is 1. The highest BCUT2D eigenvalue weighted by molar-refractivity contribution is 7.17. The number of nitrogens with zero attached hydrogens (tertiary/aromatic N) is 2. The molecule has 102 valence electrons. The summed E-state index contributed by atoms with van der Waals surface area (Å²) < 4.78 is 0. The van der Waals surface area contributed by atoms with E-state index in [0.717, 1.165) is 11.3 Å². The highest BCUT2D eigenvalue weighted by Gasteiger charge is 2.24. The molecular weight excluding hydrogens is 284 g/mol. The van der Waals surface area contributed by atoms with E-state index in [9.17, 15) is 19.7 Å². The monoisotopic (exact) mass is 292 g/mol. The Bertz CT molecular complexity index is 691. The summed E-state index contributed by atoms with van der Waals surface area (Å²) in [5.74, 6) is -1.78. The largest absolute Gasteiger partial charge is 0.476 e. The second-order valence-corrected chi connectivity index (χ2v) is 4.83. The number of aromatic nitrogens is 1. The third-order valence-corrected chi connectivity index (χ3v) is 3.67. The van der Waals surface area contributed by atoms with Crippen LogP contribution in [0.1, 0.15) is 27.1 Å². The van der Waals surface area contributed by atoms with Gasteiger partial charge in [0, 0.05) is 13.0 Å². The van der Waals surface area contributed by atoms with E-state index in [0.29, 0.717) is 0 Å². The van der Waals surface area contributed by atoms with E-state index in [1.807, 2.05) is 0 Å². The molecule has 0 atom stereocenters. The van der Waals surface area contributed by atoms with Crippen molar-refractivity contribution in [2.24, 2.45) is 0 Å². The predicted octanol–water partition coefficient (Wildman–Crippen LogP) is 2.62. The van der Waals surface area contributed by atoms with Crippen molar-refractivity contribution in [1.29, 1.82) is 0 Å². The molecule has 0 bridgehead atoms. The van der Waals surface area contributed by atoms with E-state index in [4.69, 9.17) is 5.11 Å². The average molecular weight is 292 g/mol. The van der Waals surface area contributed by atoms with Crippen molar-refractivity contribution in [1.82, 2.24) is 4.98 Å². The molecule has 0 spiro atoms. The number of carbonyl (C=O) groups excluding carboxylic acids is 1. The number of Topliss-reactive ketones (excluding diaryl/α,β-unsaturated/α-hetero) is 1. The fourth-order valence-corrected chi connectivity index (χ4v) is 2.62. The number of carboxylic acid groups (broad SMARTS) is 1. The van der Waals surface area contributed by atoms with Gasteiger partial charge >= 0.3 is 5.97 Å². The highest BCUT2D eigenvalue weighted by atomic mass is 32.1. The molecule has 8 heteroatoms. The fraction of sp³-hybridized carbons (Fsp3) is 0.0833. The van der Waals surface area contributed by atoms with Gasteiger partial charge < -0.3 is 5.11 Å². The van der Waals surface area contributed by atoms with Gasteiger partial charge in [0.15, 0.2) is 11.5 Å². The lowest BCUT2D eigenvalue weighted by Gasteiger charge is -1.97. The minimum atomic E-state index is -1.34. The molecule has 20 heavy (non-hydrogen) atoms. The van der Waals surface area contributed by atoms with Crippen LogP contribution in [0.25, 0.3) is 10.6 Å². The van der Waals surface area contributed by atoms with Crippen molar-refractivity contribution in [2.45, 2.75) is 6.92 Å². The zero-order valence-corrected chi connectivity index (χ0v) is 11.0. The molecule has 1 heterocycles. The lowest BCUT2D eigenvalue weighted by molar-refractivity contribution is -0.384. The zero-order chi connectivity index (χ0) is 14.9. The van der Waals surface area contributed by atoms with Crippen LogP contribution in [0.3, 0.4) is 0 Å². The van der Waals surface area contributed by atoms with Crippen LogP contribution in [0.15, 0.2) is 24.3 Å². The van der Waals surface area contributed by atoms with Gasteiger partial charge in [-0.25, -0.2) is 9.78 Å². The Kier molecular flexibility index (Phi) is 3.57. The minimum Gasteiger partial charge on any atom is -0.476 e. The molecule has 2 rings (SSSR count). The summed E-state index contributed by atoms with van der Waals surface area (Å²) in [5.41, 5.74) is -0.374. The maximum absolute atomic E-state index is 11.4. The topological polar surface area (TPSA) is 110 Å². The number of carboxylic acids is 1. The molecule has 0 saturated heterocycles. The molecule has 2 aromatic rings. The van der Waals surface area contributed by atoms with Gasteiger partial charge in [0.1, 0.15) is 9.88 Å². The first-order valence-corrected chi connectivity index (χ1v) is 6.22. The number of hydrogen-bond acceptors (Lipinski definition) is 6. The van der Waals surface area contributed by atoms with Crippen LogP contribution in [0.4, 0.5) is 5.69 Å². The molecule has 0 unspecified atom stereocenters. The van der Waals surface area contributed by atoms with Crippen LogP contribution < -0.4 is 0 Å². The molecule has 0 aliphatic rings. The zero-order valence-electron chi connectivity index (χ0n) is 10.2. The molecule has 1 N–H and O–H groups in total. The first-order valence-electron chi connectivity index (χ1n) is 5.40. The van der Waals surface area contributed by atoms with Crippen molar-refractivity contribution < 1.29 is 19.6 Å². The lowest BCUT2D eigenvalue weighted by atomic mass is 10.2. The van der Waals surface area contributed by atoms with E-state index < -0.39 is 16.7 Å². The van der Waals surface area contributed by atoms with Gasteiger partial charge in [-0.05, 0) is 6.07 Å². The molecule has 0 radical (unpaired) electrons. The number of hydrogen-bond donors (Lipinski definition) is 1. The Morgan fingerprint density at radius 1 is 1.35 bits per heavy atom. The molecule has 1 aromatic heterocycles. The Labute approximate surface area is 116 Å². The molecule has 0 aliphatic heterocycles. The highest BCUT2D eigenvalue weighted by Crippen LogP contribution is 2.34. The molecule has 7 nitrogen and oxygen atoms in total. The summed E-state index contributed by atoms with van der Waals surface area (Å²) in [4.78, 5) is 36.6. The third kappa shape index (κ3) is 2.41. The SMILES string of the molecule is CC(=O)c1sc(-c2ccccc2[N+](=O)[O-])nc1C(=O)O. The van der Waals surface area contributed by atoms with E-state index in [-0.39, 0.29) is 26.8 Å². The first-order chi connectivity index (χ1) is 9.41. The van der Waals surface area contributed by atoms with Gasteiger partial charge in [0.25, 0.3) is 5.69 Å². The standard InChI is InChI=1S/C12H8N2O5S/c1-6(15)10-9(12(16)17)13-11(20-10)7-4-2-3-5-8(7)14(18)19/h2-5H,1H3,(H,16,17). The first kappa shape index (κ1) is 13.8. The molecule has 0 fully saturated rings. The van der Waals surface area contributed by atoms with Gasteiger partial charge in [-0.15, -0.1) is 11.3 Å². The van der Waals surface area contributed by atoms with Crippen molar-refractivity contribution in [2.75, 3.05) is 0 Å². The summed E-state index contributed by atoms with van der Waals surface area (Å²) in [6.07, 6.45) is 0. The van der Waals surface area contributed by atoms with E-state index in [2.05, 4.69) is 4.98 Å². The Balaban J connectivity index is 2.66. The normalized spacial score (nSPS) is 10.2. The third-order valence-electron chi connectivity index (χ3n) is 2.48. The fourth-order valence-electron chi connectivity index (χ4n) is 1.63. The number of thiazole rings is 1. The molecule has 0 amide bonds. The van der Waals surface area contributed by atoms with Gasteiger partial charge in [-0.3, -0.25) is 14.9 Å². The van der Waals surface area contributed by atoms with Crippen LogP contribution in [0, 0.1) is 10.1 Å². The van der Waals surface area contributed by atoms with E-state index in [1.165, 1.54) is 25.1 Å². The summed E-state index contributed by atoms with van der Waals surface area (Å²) >= 11 is 0.835. The molecule has 0 aliphatic carbocycles.